The van der Waals surface area contributed by atoms with E-state index in [4.69, 9.17) is 5.73 Å². The monoisotopic (exact) mass is 271 g/mol. The summed E-state index contributed by atoms with van der Waals surface area (Å²) in [6.45, 7) is 1.64. The quantitative estimate of drug-likeness (QED) is 0.831. The van der Waals surface area contributed by atoms with Gasteiger partial charge in [-0.25, -0.2) is 4.39 Å². The Hall–Kier alpha value is -0.410. The van der Waals surface area contributed by atoms with Crippen molar-refractivity contribution in [3.05, 3.63) is 34.3 Å². The first kappa shape index (κ1) is 11.1. The fourth-order valence-electron chi connectivity index (χ4n) is 2.35. The molecule has 1 fully saturated rings. The molecule has 15 heavy (non-hydrogen) atoms. The van der Waals surface area contributed by atoms with Gasteiger partial charge in [0, 0.05) is 16.4 Å². The lowest BCUT2D eigenvalue weighted by Crippen LogP contribution is -2.35. The van der Waals surface area contributed by atoms with Crippen LogP contribution >= 0.6 is 15.9 Å². The molecule has 0 radical (unpaired) electrons. The van der Waals surface area contributed by atoms with Crippen LogP contribution in [0.2, 0.25) is 0 Å². The summed E-state index contributed by atoms with van der Waals surface area (Å²) in [6, 6.07) is 7.87. The molecule has 82 valence electrons. The lowest BCUT2D eigenvalue weighted by atomic mass is 9.88. The number of halogens is 2. The predicted molar refractivity (Wildman–Crippen MR) is 63.4 cm³/mol. The Labute approximate surface area is 98.0 Å². The van der Waals surface area contributed by atoms with E-state index in [0.29, 0.717) is 12.8 Å². The van der Waals surface area contributed by atoms with E-state index in [9.17, 15) is 4.39 Å². The molecular formula is C12H15BrFN. The van der Waals surface area contributed by atoms with Gasteiger partial charge in [-0.2, -0.15) is 0 Å². The normalized spacial score (nSPS) is 35.7. The van der Waals surface area contributed by atoms with Crippen LogP contribution in [0.4, 0.5) is 4.39 Å². The predicted octanol–water partition coefficient (Wildman–Crippen LogP) is 3.52. The summed E-state index contributed by atoms with van der Waals surface area (Å²) < 4.78 is 14.8. The van der Waals surface area contributed by atoms with Crippen LogP contribution in [0.5, 0.6) is 0 Å². The Morgan fingerprint density at radius 1 is 1.27 bits per heavy atom. The smallest absolute Gasteiger partial charge is 0.110 e. The van der Waals surface area contributed by atoms with Crippen molar-refractivity contribution in [3.63, 3.8) is 0 Å². The highest BCUT2D eigenvalue weighted by molar-refractivity contribution is 9.10. The fourth-order valence-corrected chi connectivity index (χ4v) is 2.61. The summed E-state index contributed by atoms with van der Waals surface area (Å²) >= 11 is 3.38. The Bertz CT molecular complexity index is 360. The van der Waals surface area contributed by atoms with E-state index < -0.39 is 11.2 Å². The molecule has 0 amide bonds. The average Bonchev–Trinajstić information content (AvgIpc) is 2.43. The number of rotatable bonds is 1. The van der Waals surface area contributed by atoms with E-state index in [1.54, 1.807) is 6.92 Å². The molecule has 1 aromatic carbocycles. The molecule has 0 heterocycles. The van der Waals surface area contributed by atoms with Crippen molar-refractivity contribution in [2.75, 3.05) is 0 Å². The molecule has 3 heteroatoms. The van der Waals surface area contributed by atoms with Crippen molar-refractivity contribution in [1.29, 1.82) is 0 Å². The molecule has 1 nitrogen and oxygen atoms in total. The minimum Gasteiger partial charge on any atom is -0.321 e. The van der Waals surface area contributed by atoms with Crippen LogP contribution < -0.4 is 5.73 Å². The van der Waals surface area contributed by atoms with Crippen molar-refractivity contribution in [2.45, 2.75) is 37.4 Å². The average molecular weight is 272 g/mol. The SMILES string of the molecule is CC1(F)CCC(N)(c2ccc(Br)cc2)C1. The number of nitrogens with two attached hydrogens (primary N) is 1. The van der Waals surface area contributed by atoms with E-state index in [1.165, 1.54) is 0 Å². The van der Waals surface area contributed by atoms with Gasteiger partial charge in [-0.05, 0) is 37.5 Å². The summed E-state index contributed by atoms with van der Waals surface area (Å²) in [5, 5.41) is 0. The zero-order valence-electron chi connectivity index (χ0n) is 8.76. The second kappa shape index (κ2) is 3.56. The van der Waals surface area contributed by atoms with E-state index in [0.717, 1.165) is 16.5 Å². The highest BCUT2D eigenvalue weighted by Gasteiger charge is 2.44. The third kappa shape index (κ3) is 2.23. The summed E-state index contributed by atoms with van der Waals surface area (Å²) in [5.41, 5.74) is 5.69. The molecule has 1 aromatic rings. The van der Waals surface area contributed by atoms with Crippen LogP contribution in [-0.2, 0) is 5.54 Å². The first-order valence-electron chi connectivity index (χ1n) is 5.15. The van der Waals surface area contributed by atoms with Gasteiger partial charge in [0.05, 0.1) is 0 Å². The standard InChI is InChI=1S/C12H15BrFN/c1-11(14)6-7-12(15,8-11)9-2-4-10(13)5-3-9/h2-5H,6-8,15H2,1H3. The second-order valence-electron chi connectivity index (χ2n) is 4.75. The van der Waals surface area contributed by atoms with Gasteiger partial charge in [0.15, 0.2) is 0 Å². The van der Waals surface area contributed by atoms with Gasteiger partial charge < -0.3 is 5.73 Å². The molecule has 0 spiro atoms. The largest absolute Gasteiger partial charge is 0.321 e. The maximum atomic E-state index is 13.8. The van der Waals surface area contributed by atoms with Crippen molar-refractivity contribution >= 4 is 15.9 Å². The third-order valence-corrected chi connectivity index (χ3v) is 3.72. The molecule has 0 bridgehead atoms. The first-order valence-corrected chi connectivity index (χ1v) is 5.95. The van der Waals surface area contributed by atoms with Crippen molar-refractivity contribution < 1.29 is 4.39 Å². The van der Waals surface area contributed by atoms with E-state index in [2.05, 4.69) is 15.9 Å². The zero-order valence-corrected chi connectivity index (χ0v) is 10.3. The van der Waals surface area contributed by atoms with Gasteiger partial charge in [-0.1, -0.05) is 28.1 Å². The molecule has 2 unspecified atom stereocenters. The molecule has 2 rings (SSSR count). The van der Waals surface area contributed by atoms with Crippen LogP contribution in [0.1, 0.15) is 31.7 Å². The molecule has 2 N–H and O–H groups in total. The van der Waals surface area contributed by atoms with E-state index >= 15 is 0 Å². The number of hydrogen-bond acceptors (Lipinski definition) is 1. The molecule has 0 aromatic heterocycles. The van der Waals surface area contributed by atoms with Crippen molar-refractivity contribution in [2.24, 2.45) is 5.73 Å². The van der Waals surface area contributed by atoms with Gasteiger partial charge in [0.2, 0.25) is 0 Å². The number of benzene rings is 1. The molecule has 0 aliphatic heterocycles. The van der Waals surface area contributed by atoms with Crippen molar-refractivity contribution in [3.8, 4) is 0 Å². The van der Waals surface area contributed by atoms with Crippen LogP contribution in [0.15, 0.2) is 28.7 Å². The van der Waals surface area contributed by atoms with Gasteiger partial charge in [0.1, 0.15) is 5.67 Å². The summed E-state index contributed by atoms with van der Waals surface area (Å²) in [5.74, 6) is 0. The van der Waals surface area contributed by atoms with Crippen LogP contribution in [-0.4, -0.2) is 5.67 Å². The molecule has 1 aliphatic carbocycles. The number of alkyl halides is 1. The van der Waals surface area contributed by atoms with Gasteiger partial charge in [-0.3, -0.25) is 0 Å². The minimum atomic E-state index is -1.11. The van der Waals surface area contributed by atoms with Crippen LogP contribution in [0.3, 0.4) is 0 Å². The Morgan fingerprint density at radius 2 is 1.87 bits per heavy atom. The third-order valence-electron chi connectivity index (χ3n) is 3.20. The molecule has 1 saturated carbocycles. The lowest BCUT2D eigenvalue weighted by molar-refractivity contribution is 0.187. The summed E-state index contributed by atoms with van der Waals surface area (Å²) in [6.07, 6.45) is 1.70. The topological polar surface area (TPSA) is 26.0 Å². The molecule has 2 atom stereocenters. The Balaban J connectivity index is 2.27. The van der Waals surface area contributed by atoms with Gasteiger partial charge in [-0.15, -0.1) is 0 Å². The zero-order chi connectivity index (χ0) is 11.1. The molecule has 0 saturated heterocycles. The van der Waals surface area contributed by atoms with Gasteiger partial charge in [0.25, 0.3) is 0 Å². The van der Waals surface area contributed by atoms with E-state index in [1.807, 2.05) is 24.3 Å². The highest BCUT2D eigenvalue weighted by Crippen LogP contribution is 2.44. The lowest BCUT2D eigenvalue weighted by Gasteiger charge is -2.25. The van der Waals surface area contributed by atoms with Crippen molar-refractivity contribution in [1.82, 2.24) is 0 Å². The van der Waals surface area contributed by atoms with Crippen LogP contribution in [0, 0.1) is 0 Å². The Kier molecular flexibility index (Phi) is 2.63. The van der Waals surface area contributed by atoms with Crippen LogP contribution in [0.25, 0.3) is 0 Å². The maximum absolute atomic E-state index is 13.8. The Morgan fingerprint density at radius 3 is 2.33 bits per heavy atom. The van der Waals surface area contributed by atoms with Gasteiger partial charge >= 0.3 is 0 Å². The summed E-state index contributed by atoms with van der Waals surface area (Å²) in [7, 11) is 0. The summed E-state index contributed by atoms with van der Waals surface area (Å²) in [4.78, 5) is 0. The van der Waals surface area contributed by atoms with E-state index in [-0.39, 0.29) is 0 Å². The highest BCUT2D eigenvalue weighted by atomic mass is 79.9. The maximum Gasteiger partial charge on any atom is 0.110 e. The first-order chi connectivity index (χ1) is 6.91. The fraction of sp³-hybridized carbons (Fsp3) is 0.500. The minimum absolute atomic E-state index is 0.418. The molecular weight excluding hydrogens is 257 g/mol. The number of hydrogen-bond donors (Lipinski definition) is 1. The molecule has 1 aliphatic rings. The second-order valence-corrected chi connectivity index (χ2v) is 5.67.